The van der Waals surface area contributed by atoms with E-state index >= 15 is 4.39 Å². The third kappa shape index (κ3) is 5.00. The van der Waals surface area contributed by atoms with Crippen LogP contribution in [0.15, 0.2) is 58.7 Å². The van der Waals surface area contributed by atoms with Gasteiger partial charge in [-0.1, -0.05) is 6.07 Å². The van der Waals surface area contributed by atoms with Crippen molar-refractivity contribution in [1.29, 1.82) is 0 Å². The summed E-state index contributed by atoms with van der Waals surface area (Å²) < 4.78 is 55.0. The molecule has 4 N–H and O–H groups in total. The van der Waals surface area contributed by atoms with Crippen LogP contribution in [0.4, 0.5) is 10.2 Å². The first-order valence-corrected chi connectivity index (χ1v) is 14.8. The molecule has 1 aromatic carbocycles. The number of hydrogen-bond donors (Lipinski definition) is 3. The van der Waals surface area contributed by atoms with E-state index in [0.717, 1.165) is 37.3 Å². The van der Waals surface area contributed by atoms with Gasteiger partial charge in [0.05, 0.1) is 18.2 Å². The molecule has 2 atom stereocenters. The highest BCUT2D eigenvalue weighted by Gasteiger charge is 2.41. The van der Waals surface area contributed by atoms with Crippen LogP contribution in [0.2, 0.25) is 0 Å². The monoisotopic (exact) mass is 571 g/mol. The number of aromatic nitrogens is 4. The van der Waals surface area contributed by atoms with E-state index in [2.05, 4.69) is 15.7 Å². The van der Waals surface area contributed by atoms with Crippen LogP contribution in [0.5, 0.6) is 0 Å². The quantitative estimate of drug-likeness (QED) is 0.390. The third-order valence-electron chi connectivity index (χ3n) is 7.34. The zero-order valence-electron chi connectivity index (χ0n) is 23.2. The Morgan fingerprint density at radius 2 is 2.05 bits per heavy atom. The van der Waals surface area contributed by atoms with E-state index in [1.165, 1.54) is 19.2 Å². The maximum atomic E-state index is 15.6. The maximum absolute atomic E-state index is 15.6. The number of allylic oxidation sites excluding steroid dienone is 1. The Morgan fingerprint density at radius 3 is 2.65 bits per heavy atom. The fraction of sp³-hybridized carbons (Fsp3) is 0.407. The molecule has 1 fully saturated rings. The third-order valence-corrected chi connectivity index (χ3v) is 8.45. The Bertz CT molecular complexity index is 1620. The summed E-state index contributed by atoms with van der Waals surface area (Å²) in [4.78, 5) is -0.139. The number of nitrogens with two attached hydrogens (primary N) is 1. The van der Waals surface area contributed by atoms with E-state index in [9.17, 15) is 8.42 Å². The molecule has 0 saturated carbocycles. The smallest absolute Gasteiger partial charge is 0.175 e. The Balaban J connectivity index is 1.62. The fourth-order valence-electron chi connectivity index (χ4n) is 5.23. The topological polar surface area (TPSA) is 138 Å². The molecule has 2 aromatic heterocycles. The standard InChI is InChI=1S/C27H34FN7O4S/c1-16-12-22(33-35(16)23-8-6-7-11-39-23)31-26-25(38-4)24(18-14-30-34(3)15-18)17(2)27(29,32-26)20-10-9-19(13-21(20)28)40(5,36)37/h9-10,12-15,23,32H,6-8,11,29H2,1-5H3,(H,31,33). The molecule has 2 unspecified atom stereocenters. The lowest BCUT2D eigenvalue weighted by Gasteiger charge is -2.40. The van der Waals surface area contributed by atoms with Gasteiger partial charge < -0.3 is 25.8 Å². The van der Waals surface area contributed by atoms with Crippen LogP contribution in [0, 0.1) is 12.7 Å². The van der Waals surface area contributed by atoms with Crippen LogP contribution in [0.25, 0.3) is 5.57 Å². The SMILES string of the molecule is COC1=C(Nc2cc(C)n(C3CCCCO3)n2)NC(N)(c2ccc(S(C)(=O)=O)cc2F)C(C)=C1c1cnn(C)c1. The van der Waals surface area contributed by atoms with Crippen molar-refractivity contribution in [2.24, 2.45) is 12.8 Å². The average molecular weight is 572 g/mol. The first-order valence-electron chi connectivity index (χ1n) is 12.9. The molecule has 40 heavy (non-hydrogen) atoms. The number of hydrogen-bond acceptors (Lipinski definition) is 9. The summed E-state index contributed by atoms with van der Waals surface area (Å²) in [6.07, 6.45) is 7.31. The van der Waals surface area contributed by atoms with Crippen molar-refractivity contribution in [2.45, 2.75) is 49.9 Å². The molecule has 2 aliphatic heterocycles. The van der Waals surface area contributed by atoms with Crippen LogP contribution in [0.3, 0.4) is 0 Å². The van der Waals surface area contributed by atoms with Gasteiger partial charge in [0.15, 0.2) is 33.5 Å². The van der Waals surface area contributed by atoms with Gasteiger partial charge in [0, 0.05) is 54.6 Å². The molecule has 4 heterocycles. The molecule has 0 aliphatic carbocycles. The first-order chi connectivity index (χ1) is 18.9. The zero-order chi connectivity index (χ0) is 28.8. The Labute approximate surface area is 232 Å². The number of sulfone groups is 1. The fourth-order valence-corrected chi connectivity index (χ4v) is 5.86. The van der Waals surface area contributed by atoms with Crippen LogP contribution >= 0.6 is 0 Å². The number of benzene rings is 1. The number of ether oxygens (including phenoxy) is 2. The number of anilines is 1. The Hall–Kier alpha value is -3.68. The molecular weight excluding hydrogens is 537 g/mol. The summed E-state index contributed by atoms with van der Waals surface area (Å²) in [5.74, 6) is 0.540. The lowest BCUT2D eigenvalue weighted by molar-refractivity contribution is -0.0404. The predicted molar refractivity (Wildman–Crippen MR) is 148 cm³/mol. The molecule has 2 aliphatic rings. The Kier molecular flexibility index (Phi) is 7.23. The summed E-state index contributed by atoms with van der Waals surface area (Å²) >= 11 is 0. The van der Waals surface area contributed by atoms with Gasteiger partial charge in [-0.05, 0) is 50.8 Å². The van der Waals surface area contributed by atoms with E-state index in [4.69, 9.17) is 20.3 Å². The Morgan fingerprint density at radius 1 is 1.27 bits per heavy atom. The second-order valence-corrected chi connectivity index (χ2v) is 12.2. The lowest BCUT2D eigenvalue weighted by atomic mass is 9.84. The van der Waals surface area contributed by atoms with Gasteiger partial charge in [0.25, 0.3) is 0 Å². The van der Waals surface area contributed by atoms with E-state index in [-0.39, 0.29) is 16.7 Å². The molecular formula is C27H34FN7O4S. The van der Waals surface area contributed by atoms with Gasteiger partial charge in [0.1, 0.15) is 11.5 Å². The maximum Gasteiger partial charge on any atom is 0.175 e. The predicted octanol–water partition coefficient (Wildman–Crippen LogP) is 3.28. The first kappa shape index (κ1) is 27.9. The minimum absolute atomic E-state index is 0.0607. The summed E-state index contributed by atoms with van der Waals surface area (Å²) in [5.41, 5.74) is 8.22. The van der Waals surface area contributed by atoms with E-state index in [1.807, 2.05) is 23.9 Å². The van der Waals surface area contributed by atoms with Crippen LogP contribution in [0.1, 0.15) is 49.2 Å². The minimum Gasteiger partial charge on any atom is -0.492 e. The molecule has 0 spiro atoms. The molecule has 0 bridgehead atoms. The van der Waals surface area contributed by atoms with Crippen molar-refractivity contribution >= 4 is 21.2 Å². The number of dihydropyridines is 1. The van der Waals surface area contributed by atoms with Crippen molar-refractivity contribution in [1.82, 2.24) is 24.9 Å². The number of aryl methyl sites for hydroxylation is 2. The second-order valence-electron chi connectivity index (χ2n) is 10.2. The highest BCUT2D eigenvalue weighted by molar-refractivity contribution is 7.90. The minimum atomic E-state index is -3.62. The van der Waals surface area contributed by atoms with E-state index in [1.54, 1.807) is 24.9 Å². The highest BCUT2D eigenvalue weighted by atomic mass is 32.2. The van der Waals surface area contributed by atoms with Gasteiger partial charge in [-0.25, -0.2) is 17.5 Å². The molecule has 13 heteroatoms. The number of rotatable bonds is 7. The van der Waals surface area contributed by atoms with Crippen molar-refractivity contribution in [2.75, 3.05) is 25.3 Å². The van der Waals surface area contributed by atoms with Gasteiger partial charge >= 0.3 is 0 Å². The van der Waals surface area contributed by atoms with Crippen molar-refractivity contribution < 1.29 is 22.3 Å². The molecule has 1 saturated heterocycles. The summed E-state index contributed by atoms with van der Waals surface area (Å²) in [6, 6.07) is 5.60. The van der Waals surface area contributed by atoms with Gasteiger partial charge in [-0.2, -0.15) is 10.2 Å². The van der Waals surface area contributed by atoms with E-state index < -0.39 is 21.3 Å². The summed E-state index contributed by atoms with van der Waals surface area (Å²) in [7, 11) is -0.295. The molecule has 5 rings (SSSR count). The van der Waals surface area contributed by atoms with Crippen molar-refractivity contribution in [3.63, 3.8) is 0 Å². The largest absolute Gasteiger partial charge is 0.492 e. The lowest BCUT2D eigenvalue weighted by Crippen LogP contribution is -2.55. The zero-order valence-corrected chi connectivity index (χ0v) is 24.0. The normalized spacial score (nSPS) is 21.9. The number of methoxy groups -OCH3 is 1. The highest BCUT2D eigenvalue weighted by Crippen LogP contribution is 2.41. The summed E-state index contributed by atoms with van der Waals surface area (Å²) in [6.45, 7) is 4.41. The van der Waals surface area contributed by atoms with Gasteiger partial charge in [-0.3, -0.25) is 4.68 Å². The molecule has 3 aromatic rings. The number of nitrogens with zero attached hydrogens (tertiary/aromatic N) is 4. The van der Waals surface area contributed by atoms with Crippen LogP contribution < -0.4 is 16.4 Å². The number of halogens is 1. The second kappa shape index (κ2) is 10.4. The molecule has 0 amide bonds. The molecule has 11 nitrogen and oxygen atoms in total. The van der Waals surface area contributed by atoms with Crippen LogP contribution in [-0.4, -0.2) is 48.0 Å². The number of nitrogens with one attached hydrogen (secondary N) is 2. The molecule has 0 radical (unpaired) electrons. The van der Waals surface area contributed by atoms with Crippen molar-refractivity contribution in [3.8, 4) is 0 Å². The summed E-state index contributed by atoms with van der Waals surface area (Å²) in [5, 5.41) is 15.5. The van der Waals surface area contributed by atoms with Crippen LogP contribution in [-0.2, 0) is 32.0 Å². The van der Waals surface area contributed by atoms with E-state index in [0.29, 0.717) is 40.7 Å². The average Bonchev–Trinajstić information content (AvgIpc) is 3.50. The molecule has 214 valence electrons. The van der Waals surface area contributed by atoms with Gasteiger partial charge in [-0.15, -0.1) is 0 Å². The van der Waals surface area contributed by atoms with Crippen molar-refractivity contribution in [3.05, 3.63) is 76.5 Å². The van der Waals surface area contributed by atoms with Gasteiger partial charge in [0.2, 0.25) is 0 Å².